The van der Waals surface area contributed by atoms with Gasteiger partial charge in [-0.25, -0.2) is 4.39 Å². The number of carbonyl (C=O) groups is 1. The summed E-state index contributed by atoms with van der Waals surface area (Å²) in [7, 11) is 0. The molecule has 24 heavy (non-hydrogen) atoms. The summed E-state index contributed by atoms with van der Waals surface area (Å²) >= 11 is 7.29. The topological polar surface area (TPSA) is 38.3 Å². The van der Waals surface area contributed by atoms with E-state index in [2.05, 4.69) is 5.32 Å². The van der Waals surface area contributed by atoms with Crippen molar-refractivity contribution in [3.8, 4) is 5.75 Å². The maximum absolute atomic E-state index is 13.5. The van der Waals surface area contributed by atoms with Crippen molar-refractivity contribution < 1.29 is 13.9 Å². The molecule has 0 radical (unpaired) electrons. The summed E-state index contributed by atoms with van der Waals surface area (Å²) in [4.78, 5) is 13.2. The van der Waals surface area contributed by atoms with Crippen LogP contribution in [0.15, 0.2) is 53.4 Å². The largest absolute Gasteiger partial charge is 0.488 e. The first-order valence-corrected chi connectivity index (χ1v) is 8.81. The van der Waals surface area contributed by atoms with Crippen molar-refractivity contribution in [2.24, 2.45) is 0 Å². The molecular weight excluding hydrogens is 349 g/mol. The van der Waals surface area contributed by atoms with E-state index >= 15 is 0 Å². The van der Waals surface area contributed by atoms with Gasteiger partial charge in [0.25, 0.3) is 0 Å². The molecule has 6 heteroatoms. The summed E-state index contributed by atoms with van der Waals surface area (Å²) in [6.45, 7) is 3.85. The Hall–Kier alpha value is -1.72. The first-order chi connectivity index (χ1) is 11.5. The van der Waals surface area contributed by atoms with E-state index in [1.165, 1.54) is 17.8 Å². The lowest BCUT2D eigenvalue weighted by Crippen LogP contribution is -2.40. The lowest BCUT2D eigenvalue weighted by molar-refractivity contribution is -0.121. The monoisotopic (exact) mass is 367 g/mol. The molecule has 0 saturated heterocycles. The predicted molar refractivity (Wildman–Crippen MR) is 96.3 cm³/mol. The number of carbonyl (C=O) groups excluding carboxylic acids is 1. The SMILES string of the molecule is CC(COc1ccccc1F)NC(=O)C(C)Sc1ccc(Cl)cc1. The first kappa shape index (κ1) is 18.6. The molecule has 3 nitrogen and oxygen atoms in total. The van der Waals surface area contributed by atoms with Crippen molar-refractivity contribution >= 4 is 29.3 Å². The number of rotatable bonds is 7. The molecule has 2 atom stereocenters. The summed E-state index contributed by atoms with van der Waals surface area (Å²) in [6.07, 6.45) is 0. The highest BCUT2D eigenvalue weighted by Gasteiger charge is 2.17. The Balaban J connectivity index is 1.80. The zero-order valence-electron chi connectivity index (χ0n) is 13.5. The standard InChI is InChI=1S/C18H19ClFNO2S/c1-12(11-23-17-6-4-3-5-16(17)20)21-18(22)13(2)24-15-9-7-14(19)8-10-15/h3-10,12-13H,11H2,1-2H3,(H,21,22). The predicted octanol–water partition coefficient (Wildman–Crippen LogP) is 4.54. The fraction of sp³-hybridized carbons (Fsp3) is 0.278. The number of amides is 1. The summed E-state index contributed by atoms with van der Waals surface area (Å²) in [5, 5.41) is 3.27. The van der Waals surface area contributed by atoms with E-state index in [0.717, 1.165) is 4.90 Å². The van der Waals surface area contributed by atoms with E-state index in [-0.39, 0.29) is 29.6 Å². The summed E-state index contributed by atoms with van der Waals surface area (Å²) in [5.74, 6) is -0.329. The van der Waals surface area contributed by atoms with Gasteiger partial charge in [0.1, 0.15) is 6.61 Å². The van der Waals surface area contributed by atoms with Crippen molar-refractivity contribution in [3.63, 3.8) is 0 Å². The molecule has 0 aliphatic carbocycles. The molecule has 1 amide bonds. The van der Waals surface area contributed by atoms with Gasteiger partial charge in [-0.1, -0.05) is 23.7 Å². The van der Waals surface area contributed by atoms with Crippen molar-refractivity contribution in [2.45, 2.75) is 30.0 Å². The molecule has 1 N–H and O–H groups in total. The minimum Gasteiger partial charge on any atom is -0.488 e. The molecule has 0 aliphatic rings. The fourth-order valence-electron chi connectivity index (χ4n) is 1.95. The normalized spacial score (nSPS) is 13.2. The number of nitrogens with one attached hydrogen (secondary N) is 1. The Morgan fingerprint density at radius 1 is 1.21 bits per heavy atom. The molecule has 0 bridgehead atoms. The second-order valence-electron chi connectivity index (χ2n) is 5.37. The molecule has 2 rings (SSSR count). The van der Waals surface area contributed by atoms with Gasteiger partial charge in [0, 0.05) is 9.92 Å². The van der Waals surface area contributed by atoms with Crippen molar-refractivity contribution in [1.29, 1.82) is 0 Å². The third-order valence-corrected chi connectivity index (χ3v) is 4.57. The molecule has 2 unspecified atom stereocenters. The highest BCUT2D eigenvalue weighted by molar-refractivity contribution is 8.00. The van der Waals surface area contributed by atoms with Crippen LogP contribution in [0.4, 0.5) is 4.39 Å². The van der Waals surface area contributed by atoms with Crippen LogP contribution in [0.3, 0.4) is 0 Å². The zero-order chi connectivity index (χ0) is 17.5. The lowest BCUT2D eigenvalue weighted by atomic mass is 10.3. The molecule has 2 aromatic rings. The van der Waals surface area contributed by atoms with Crippen LogP contribution >= 0.6 is 23.4 Å². The number of para-hydroxylation sites is 1. The smallest absolute Gasteiger partial charge is 0.233 e. The van der Waals surface area contributed by atoms with E-state index in [4.69, 9.17) is 16.3 Å². The fourth-order valence-corrected chi connectivity index (χ4v) is 2.95. The van der Waals surface area contributed by atoms with Crippen LogP contribution in [0.2, 0.25) is 5.02 Å². The van der Waals surface area contributed by atoms with E-state index in [1.807, 2.05) is 26.0 Å². The van der Waals surface area contributed by atoms with Gasteiger partial charge < -0.3 is 10.1 Å². The van der Waals surface area contributed by atoms with Crippen LogP contribution in [0.5, 0.6) is 5.75 Å². The van der Waals surface area contributed by atoms with Gasteiger partial charge in [-0.3, -0.25) is 4.79 Å². The van der Waals surface area contributed by atoms with Gasteiger partial charge >= 0.3 is 0 Å². The first-order valence-electron chi connectivity index (χ1n) is 7.55. The Morgan fingerprint density at radius 3 is 2.54 bits per heavy atom. The van der Waals surface area contributed by atoms with Crippen molar-refractivity contribution in [1.82, 2.24) is 5.32 Å². The number of thioether (sulfide) groups is 1. The minimum atomic E-state index is -0.414. The second kappa shape index (κ2) is 8.94. The molecule has 0 aromatic heterocycles. The third kappa shape index (κ3) is 5.73. The third-order valence-electron chi connectivity index (χ3n) is 3.21. The van der Waals surface area contributed by atoms with Gasteiger partial charge in [-0.05, 0) is 50.2 Å². The van der Waals surface area contributed by atoms with Gasteiger partial charge in [0.2, 0.25) is 5.91 Å². The highest BCUT2D eigenvalue weighted by Crippen LogP contribution is 2.24. The number of ether oxygens (including phenoxy) is 1. The van der Waals surface area contributed by atoms with Crippen LogP contribution in [0.1, 0.15) is 13.8 Å². The molecule has 0 fully saturated rings. The summed E-state index contributed by atoms with van der Waals surface area (Å²) in [5.41, 5.74) is 0. The van der Waals surface area contributed by atoms with Gasteiger partial charge in [-0.2, -0.15) is 0 Å². The molecule has 0 heterocycles. The average Bonchev–Trinajstić information content (AvgIpc) is 2.56. The Bertz CT molecular complexity index is 681. The van der Waals surface area contributed by atoms with Crippen LogP contribution in [-0.4, -0.2) is 23.8 Å². The van der Waals surface area contributed by atoms with E-state index < -0.39 is 5.82 Å². The molecule has 0 aliphatic heterocycles. The minimum absolute atomic E-state index is 0.0976. The Kier molecular flexibility index (Phi) is 6.94. The van der Waals surface area contributed by atoms with Crippen LogP contribution < -0.4 is 10.1 Å². The lowest BCUT2D eigenvalue weighted by Gasteiger charge is -2.18. The average molecular weight is 368 g/mol. The number of benzene rings is 2. The number of hydrogen-bond acceptors (Lipinski definition) is 3. The number of halogens is 2. The maximum atomic E-state index is 13.5. The molecule has 2 aromatic carbocycles. The Morgan fingerprint density at radius 2 is 1.88 bits per heavy atom. The zero-order valence-corrected chi connectivity index (χ0v) is 15.0. The van der Waals surface area contributed by atoms with Gasteiger partial charge in [0.15, 0.2) is 11.6 Å². The van der Waals surface area contributed by atoms with E-state index in [9.17, 15) is 9.18 Å². The van der Waals surface area contributed by atoms with Crippen molar-refractivity contribution in [3.05, 3.63) is 59.4 Å². The molecule has 0 spiro atoms. The quantitative estimate of drug-likeness (QED) is 0.730. The summed E-state index contributed by atoms with van der Waals surface area (Å²) < 4.78 is 18.9. The molecule has 128 valence electrons. The molecule has 0 saturated carbocycles. The Labute approximate surface area is 150 Å². The maximum Gasteiger partial charge on any atom is 0.233 e. The highest BCUT2D eigenvalue weighted by atomic mass is 35.5. The van der Waals surface area contributed by atoms with E-state index in [0.29, 0.717) is 5.02 Å². The van der Waals surface area contributed by atoms with Crippen molar-refractivity contribution in [2.75, 3.05) is 6.61 Å². The van der Waals surface area contributed by atoms with Crippen LogP contribution in [0, 0.1) is 5.82 Å². The summed E-state index contributed by atoms with van der Waals surface area (Å²) in [6, 6.07) is 13.3. The number of hydrogen-bond donors (Lipinski definition) is 1. The second-order valence-corrected chi connectivity index (χ2v) is 7.22. The van der Waals surface area contributed by atoms with Gasteiger partial charge in [-0.15, -0.1) is 11.8 Å². The van der Waals surface area contributed by atoms with E-state index in [1.54, 1.807) is 30.3 Å². The molecular formula is C18H19ClFNO2S. The van der Waals surface area contributed by atoms with Crippen LogP contribution in [-0.2, 0) is 4.79 Å². The van der Waals surface area contributed by atoms with Crippen LogP contribution in [0.25, 0.3) is 0 Å². The van der Waals surface area contributed by atoms with Gasteiger partial charge in [0.05, 0.1) is 11.3 Å².